The van der Waals surface area contributed by atoms with Gasteiger partial charge in [0, 0.05) is 18.0 Å². The summed E-state index contributed by atoms with van der Waals surface area (Å²) in [7, 11) is 0. The van der Waals surface area contributed by atoms with Crippen molar-refractivity contribution in [1.82, 2.24) is 10.3 Å². The summed E-state index contributed by atoms with van der Waals surface area (Å²) in [6, 6.07) is 13.4. The number of hydrogen-bond acceptors (Lipinski definition) is 4. The highest BCUT2D eigenvalue weighted by molar-refractivity contribution is 6.34. The summed E-state index contributed by atoms with van der Waals surface area (Å²) in [6.45, 7) is 0. The second-order valence-electron chi connectivity index (χ2n) is 5.90. The minimum Gasteiger partial charge on any atom is -0.439 e. The topological polar surface area (TPSA) is 80.3 Å². The number of benzene rings is 2. The van der Waals surface area contributed by atoms with E-state index in [2.05, 4.69) is 15.6 Å². The molecule has 0 aliphatic carbocycles. The summed E-state index contributed by atoms with van der Waals surface area (Å²) in [6.07, 6.45) is -3.81. The predicted molar refractivity (Wildman–Crippen MR) is 104 cm³/mol. The minimum absolute atomic E-state index is 0.0215. The molecule has 0 fully saturated rings. The Morgan fingerprint density at radius 1 is 0.967 bits per heavy atom. The molecule has 0 unspecified atom stereocenters. The molecular weight excluding hydrogens is 423 g/mol. The Labute approximate surface area is 173 Å². The van der Waals surface area contributed by atoms with Gasteiger partial charge >= 0.3 is 12.2 Å². The van der Waals surface area contributed by atoms with Crippen LogP contribution in [0.3, 0.4) is 0 Å². The fraction of sp³-hybridized carbons (Fsp3) is 0.0500. The van der Waals surface area contributed by atoms with Crippen LogP contribution in [0.5, 0.6) is 11.6 Å². The van der Waals surface area contributed by atoms with Crippen LogP contribution in [0.15, 0.2) is 66.9 Å². The van der Waals surface area contributed by atoms with E-state index in [0.717, 1.165) is 12.1 Å². The molecule has 0 bridgehead atoms. The van der Waals surface area contributed by atoms with Gasteiger partial charge in [0.1, 0.15) is 5.75 Å². The maximum Gasteiger partial charge on any atom is 0.417 e. The Morgan fingerprint density at radius 3 is 2.27 bits per heavy atom. The van der Waals surface area contributed by atoms with Gasteiger partial charge in [0.15, 0.2) is 0 Å². The normalized spacial score (nSPS) is 10.9. The molecule has 3 aromatic rings. The number of imide groups is 1. The number of urea groups is 1. The van der Waals surface area contributed by atoms with Gasteiger partial charge in [0.05, 0.1) is 16.1 Å². The first-order valence-corrected chi connectivity index (χ1v) is 8.78. The first-order valence-electron chi connectivity index (χ1n) is 8.40. The third-order valence-electron chi connectivity index (χ3n) is 3.74. The third-order valence-corrected chi connectivity index (χ3v) is 4.07. The van der Waals surface area contributed by atoms with Gasteiger partial charge in [-0.2, -0.15) is 13.2 Å². The molecule has 0 atom stereocenters. The van der Waals surface area contributed by atoms with Crippen LogP contribution in [0.2, 0.25) is 5.02 Å². The molecule has 0 aliphatic rings. The van der Waals surface area contributed by atoms with Crippen LogP contribution >= 0.6 is 11.6 Å². The molecule has 0 radical (unpaired) electrons. The third kappa shape index (κ3) is 5.48. The first kappa shape index (κ1) is 21.1. The quantitative estimate of drug-likeness (QED) is 0.566. The van der Waals surface area contributed by atoms with E-state index in [-0.39, 0.29) is 16.5 Å². The van der Waals surface area contributed by atoms with Gasteiger partial charge in [-0.25, -0.2) is 9.78 Å². The molecule has 2 aromatic carbocycles. The van der Waals surface area contributed by atoms with Gasteiger partial charge < -0.3 is 10.1 Å². The highest BCUT2D eigenvalue weighted by Gasteiger charge is 2.30. The lowest BCUT2D eigenvalue weighted by Gasteiger charge is -2.10. The van der Waals surface area contributed by atoms with Gasteiger partial charge in [0.2, 0.25) is 5.88 Å². The predicted octanol–water partition coefficient (Wildman–Crippen LogP) is 5.51. The molecular formula is C20H13ClF3N3O3. The molecule has 0 saturated carbocycles. The molecule has 10 heteroatoms. The van der Waals surface area contributed by atoms with Gasteiger partial charge in [-0.15, -0.1) is 0 Å². The van der Waals surface area contributed by atoms with Crippen molar-refractivity contribution in [3.05, 3.63) is 83.0 Å². The van der Waals surface area contributed by atoms with Crippen molar-refractivity contribution in [1.29, 1.82) is 0 Å². The number of hydrogen-bond donors (Lipinski definition) is 2. The largest absolute Gasteiger partial charge is 0.439 e. The first-order chi connectivity index (χ1) is 14.2. The Bertz CT molecular complexity index is 1060. The lowest BCUT2D eigenvalue weighted by molar-refractivity contribution is -0.137. The van der Waals surface area contributed by atoms with Crippen LogP contribution in [-0.2, 0) is 6.18 Å². The number of nitrogens with one attached hydrogen (secondary N) is 2. The molecule has 154 valence electrons. The summed E-state index contributed by atoms with van der Waals surface area (Å²) in [4.78, 5) is 27.6. The molecule has 3 amide bonds. The van der Waals surface area contributed by atoms with Crippen LogP contribution in [0.1, 0.15) is 15.9 Å². The Kier molecular flexibility index (Phi) is 6.22. The molecule has 1 heterocycles. The lowest BCUT2D eigenvalue weighted by Crippen LogP contribution is -2.34. The molecule has 30 heavy (non-hydrogen) atoms. The number of carbonyl (C=O) groups is 2. The monoisotopic (exact) mass is 435 g/mol. The number of pyridine rings is 1. The fourth-order valence-corrected chi connectivity index (χ4v) is 2.54. The van der Waals surface area contributed by atoms with Gasteiger partial charge in [-0.1, -0.05) is 23.7 Å². The van der Waals surface area contributed by atoms with Gasteiger partial charge in [0.25, 0.3) is 5.91 Å². The second-order valence-corrected chi connectivity index (χ2v) is 6.30. The highest BCUT2D eigenvalue weighted by atomic mass is 35.5. The van der Waals surface area contributed by atoms with E-state index < -0.39 is 23.7 Å². The maximum absolute atomic E-state index is 12.5. The van der Waals surface area contributed by atoms with E-state index in [4.69, 9.17) is 16.3 Å². The number of halogens is 4. The molecule has 6 nitrogen and oxygen atoms in total. The average molecular weight is 436 g/mol. The van der Waals surface area contributed by atoms with Gasteiger partial charge in [-0.3, -0.25) is 10.1 Å². The summed E-state index contributed by atoms with van der Waals surface area (Å²) < 4.78 is 43.0. The molecule has 2 N–H and O–H groups in total. The zero-order valence-electron chi connectivity index (χ0n) is 15.0. The zero-order chi connectivity index (χ0) is 21.7. The van der Waals surface area contributed by atoms with Crippen molar-refractivity contribution in [2.45, 2.75) is 6.18 Å². The van der Waals surface area contributed by atoms with Crippen molar-refractivity contribution in [3.8, 4) is 11.6 Å². The maximum atomic E-state index is 12.5. The Morgan fingerprint density at radius 2 is 1.67 bits per heavy atom. The fourth-order valence-electron chi connectivity index (χ4n) is 2.31. The highest BCUT2D eigenvalue weighted by Crippen LogP contribution is 2.30. The van der Waals surface area contributed by atoms with Crippen LogP contribution < -0.4 is 15.4 Å². The number of rotatable bonds is 4. The summed E-state index contributed by atoms with van der Waals surface area (Å²) in [5.74, 6) is -0.390. The number of amides is 3. The van der Waals surface area contributed by atoms with E-state index in [1.54, 1.807) is 12.1 Å². The summed E-state index contributed by atoms with van der Waals surface area (Å²) in [5.41, 5.74) is -0.374. The molecule has 1 aromatic heterocycles. The lowest BCUT2D eigenvalue weighted by atomic mass is 10.2. The van der Waals surface area contributed by atoms with Crippen LogP contribution in [0.25, 0.3) is 0 Å². The van der Waals surface area contributed by atoms with Crippen LogP contribution in [-0.4, -0.2) is 16.9 Å². The van der Waals surface area contributed by atoms with Crippen LogP contribution in [0, 0.1) is 0 Å². The zero-order valence-corrected chi connectivity index (χ0v) is 15.8. The second kappa shape index (κ2) is 8.83. The van der Waals surface area contributed by atoms with E-state index in [0.29, 0.717) is 17.6 Å². The smallest absolute Gasteiger partial charge is 0.417 e. The van der Waals surface area contributed by atoms with Crippen LogP contribution in [0.4, 0.5) is 23.7 Å². The molecule has 3 rings (SSSR count). The summed E-state index contributed by atoms with van der Waals surface area (Å²) >= 11 is 5.91. The van der Waals surface area contributed by atoms with E-state index in [1.165, 1.54) is 36.4 Å². The number of aromatic nitrogens is 1. The van der Waals surface area contributed by atoms with Crippen molar-refractivity contribution in [2.75, 3.05) is 5.32 Å². The van der Waals surface area contributed by atoms with E-state index in [9.17, 15) is 22.8 Å². The molecule has 0 aliphatic heterocycles. The van der Waals surface area contributed by atoms with E-state index >= 15 is 0 Å². The SMILES string of the molecule is O=C(NC(=O)c1ccccc1Cl)Nc1ccc(Oc2ccc(C(F)(F)F)cn2)cc1. The number of alkyl halides is 3. The summed E-state index contributed by atoms with van der Waals surface area (Å²) in [5, 5.41) is 4.83. The average Bonchev–Trinajstić information content (AvgIpc) is 2.69. The van der Waals surface area contributed by atoms with Gasteiger partial charge in [-0.05, 0) is 42.5 Å². The molecule has 0 spiro atoms. The van der Waals surface area contributed by atoms with Crippen molar-refractivity contribution < 1.29 is 27.5 Å². The van der Waals surface area contributed by atoms with Crippen molar-refractivity contribution >= 4 is 29.2 Å². The number of anilines is 1. The van der Waals surface area contributed by atoms with Crippen molar-refractivity contribution in [3.63, 3.8) is 0 Å². The minimum atomic E-state index is -4.48. The number of ether oxygens (including phenoxy) is 1. The van der Waals surface area contributed by atoms with Crippen molar-refractivity contribution in [2.24, 2.45) is 0 Å². The Balaban J connectivity index is 1.57. The molecule has 0 saturated heterocycles. The Hall–Kier alpha value is -3.59. The standard InChI is InChI=1S/C20H13ClF3N3O3/c21-16-4-2-1-3-15(16)18(28)27-19(29)26-13-6-8-14(9-7-13)30-17-10-5-12(11-25-17)20(22,23)24/h1-11H,(H2,26,27,28,29). The van der Waals surface area contributed by atoms with E-state index in [1.807, 2.05) is 0 Å². The number of nitrogens with zero attached hydrogens (tertiary/aromatic N) is 1. The number of carbonyl (C=O) groups excluding carboxylic acids is 2.